The molecule has 0 aromatic heterocycles. The van der Waals surface area contributed by atoms with Crippen molar-refractivity contribution in [3.05, 3.63) is 0 Å². The normalized spacial score (nSPS) is 12.6. The lowest BCUT2D eigenvalue weighted by molar-refractivity contribution is -0.118. The van der Waals surface area contributed by atoms with Crippen LogP contribution in [0.15, 0.2) is 0 Å². The highest BCUT2D eigenvalue weighted by Gasteiger charge is 2.02. The molecule has 0 rings (SSSR count). The van der Waals surface area contributed by atoms with Crippen LogP contribution in [0.5, 0.6) is 0 Å². The molecule has 0 aromatic rings. The van der Waals surface area contributed by atoms with Crippen molar-refractivity contribution in [1.29, 1.82) is 0 Å². The lowest BCUT2D eigenvalue weighted by atomic mass is 10.2. The summed E-state index contributed by atoms with van der Waals surface area (Å²) in [5.74, 6) is 0.640. The average Bonchev–Trinajstić information content (AvgIpc) is 2.04. The van der Waals surface area contributed by atoms with Gasteiger partial charge in [-0.3, -0.25) is 4.79 Å². The molecule has 0 aliphatic carbocycles. The van der Waals surface area contributed by atoms with Crippen LogP contribution < -0.4 is 5.32 Å². The molecule has 1 N–H and O–H groups in total. The molecule has 0 aliphatic heterocycles. The molecular formula is C8H16ClNOS. The largest absolute Gasteiger partial charge is 0.355 e. The van der Waals surface area contributed by atoms with Gasteiger partial charge in [0.25, 0.3) is 0 Å². The number of carbonyl (C=O) groups is 1. The summed E-state index contributed by atoms with van der Waals surface area (Å²) in [5.41, 5.74) is 0. The number of rotatable bonds is 6. The van der Waals surface area contributed by atoms with Crippen molar-refractivity contribution in [3.63, 3.8) is 0 Å². The van der Waals surface area contributed by atoms with Gasteiger partial charge in [-0.2, -0.15) is 11.8 Å². The first kappa shape index (κ1) is 12.1. The Labute approximate surface area is 83.4 Å². The van der Waals surface area contributed by atoms with Crippen molar-refractivity contribution in [2.24, 2.45) is 0 Å². The van der Waals surface area contributed by atoms with Gasteiger partial charge >= 0.3 is 0 Å². The van der Waals surface area contributed by atoms with Crippen molar-refractivity contribution in [2.75, 3.05) is 18.6 Å². The van der Waals surface area contributed by atoms with Crippen molar-refractivity contribution < 1.29 is 4.79 Å². The van der Waals surface area contributed by atoms with E-state index < -0.39 is 0 Å². The summed E-state index contributed by atoms with van der Waals surface area (Å²) >= 11 is 7.40. The van der Waals surface area contributed by atoms with Crippen LogP contribution in [0, 0.1) is 0 Å². The van der Waals surface area contributed by atoms with Crippen LogP contribution in [0.4, 0.5) is 0 Å². The standard InChI is InChI=1S/C8H16ClNOS/c1-3-7(9)4-5-10-8(11)6-12-2/h7H,3-6H2,1-2H3,(H,10,11). The fourth-order valence-electron chi connectivity index (χ4n) is 0.754. The number of alkyl halides is 1. The van der Waals surface area contributed by atoms with E-state index >= 15 is 0 Å². The molecule has 0 spiro atoms. The number of amides is 1. The van der Waals surface area contributed by atoms with Crippen molar-refractivity contribution >= 4 is 29.3 Å². The second-order valence-corrected chi connectivity index (χ2v) is 4.06. The molecule has 0 heterocycles. The predicted octanol–water partition coefficient (Wildman–Crippen LogP) is 1.87. The van der Waals surface area contributed by atoms with Crippen LogP contribution in [0.1, 0.15) is 19.8 Å². The highest BCUT2D eigenvalue weighted by Crippen LogP contribution is 2.04. The SMILES string of the molecule is CCC(Cl)CCNC(=O)CSC. The van der Waals surface area contributed by atoms with E-state index in [1.54, 1.807) is 0 Å². The molecule has 0 bridgehead atoms. The highest BCUT2D eigenvalue weighted by atomic mass is 35.5. The van der Waals surface area contributed by atoms with E-state index in [2.05, 4.69) is 5.32 Å². The van der Waals surface area contributed by atoms with Gasteiger partial charge < -0.3 is 5.32 Å². The molecule has 2 nitrogen and oxygen atoms in total. The Balaban J connectivity index is 3.24. The molecule has 1 atom stereocenters. The molecule has 4 heteroatoms. The van der Waals surface area contributed by atoms with Crippen LogP contribution in [0.25, 0.3) is 0 Å². The van der Waals surface area contributed by atoms with E-state index in [9.17, 15) is 4.79 Å². The van der Waals surface area contributed by atoms with E-state index in [-0.39, 0.29) is 11.3 Å². The Kier molecular flexibility index (Phi) is 7.81. The lowest BCUT2D eigenvalue weighted by Crippen LogP contribution is -2.27. The molecule has 72 valence electrons. The molecule has 0 saturated heterocycles. The van der Waals surface area contributed by atoms with Gasteiger partial charge in [-0.05, 0) is 19.1 Å². The highest BCUT2D eigenvalue weighted by molar-refractivity contribution is 7.99. The summed E-state index contributed by atoms with van der Waals surface area (Å²) in [5, 5.41) is 3.00. The third kappa shape index (κ3) is 6.80. The second kappa shape index (κ2) is 7.74. The van der Waals surface area contributed by atoms with Crippen molar-refractivity contribution in [1.82, 2.24) is 5.32 Å². The lowest BCUT2D eigenvalue weighted by Gasteiger charge is -2.06. The molecule has 12 heavy (non-hydrogen) atoms. The maximum atomic E-state index is 10.9. The summed E-state index contributed by atoms with van der Waals surface area (Å²) in [6, 6.07) is 0. The molecule has 0 radical (unpaired) electrons. The van der Waals surface area contributed by atoms with E-state index in [4.69, 9.17) is 11.6 Å². The van der Waals surface area contributed by atoms with Gasteiger partial charge in [-0.25, -0.2) is 0 Å². The third-order valence-corrected chi connectivity index (χ3v) is 2.58. The molecule has 1 unspecified atom stereocenters. The van der Waals surface area contributed by atoms with Gasteiger partial charge in [-0.15, -0.1) is 11.6 Å². The van der Waals surface area contributed by atoms with Crippen LogP contribution in [-0.4, -0.2) is 29.8 Å². The Morgan fingerprint density at radius 1 is 1.67 bits per heavy atom. The summed E-state index contributed by atoms with van der Waals surface area (Å²) in [6.07, 6.45) is 3.73. The first-order chi connectivity index (χ1) is 5.70. The van der Waals surface area contributed by atoms with Crippen LogP contribution in [0.2, 0.25) is 0 Å². The molecule has 0 aromatic carbocycles. The van der Waals surface area contributed by atoms with Crippen molar-refractivity contribution in [3.8, 4) is 0 Å². The number of thioether (sulfide) groups is 1. The summed E-state index contributed by atoms with van der Waals surface area (Å²) in [4.78, 5) is 10.9. The Bertz CT molecular complexity index is 132. The van der Waals surface area contributed by atoms with Crippen LogP contribution in [0.3, 0.4) is 0 Å². The summed E-state index contributed by atoms with van der Waals surface area (Å²) in [6.45, 7) is 2.74. The quantitative estimate of drug-likeness (QED) is 0.677. The first-order valence-corrected chi connectivity index (χ1v) is 5.93. The number of hydrogen-bond acceptors (Lipinski definition) is 2. The van der Waals surface area contributed by atoms with E-state index in [1.807, 2.05) is 13.2 Å². The molecule has 0 saturated carbocycles. The monoisotopic (exact) mass is 209 g/mol. The zero-order valence-corrected chi connectivity index (χ0v) is 9.17. The topological polar surface area (TPSA) is 29.1 Å². The molecular weight excluding hydrogens is 194 g/mol. The average molecular weight is 210 g/mol. The first-order valence-electron chi connectivity index (χ1n) is 4.10. The van der Waals surface area contributed by atoms with Crippen molar-refractivity contribution in [2.45, 2.75) is 25.1 Å². The fourth-order valence-corrected chi connectivity index (χ4v) is 1.23. The second-order valence-electron chi connectivity index (χ2n) is 2.58. The minimum absolute atomic E-state index is 0.0995. The van der Waals surface area contributed by atoms with E-state index in [0.29, 0.717) is 12.3 Å². The molecule has 1 amide bonds. The minimum Gasteiger partial charge on any atom is -0.355 e. The number of carbonyl (C=O) groups excluding carboxylic acids is 1. The van der Waals surface area contributed by atoms with Gasteiger partial charge in [-0.1, -0.05) is 6.92 Å². The van der Waals surface area contributed by atoms with Gasteiger partial charge in [0.2, 0.25) is 5.91 Å². The zero-order valence-electron chi connectivity index (χ0n) is 7.60. The van der Waals surface area contributed by atoms with Crippen LogP contribution in [-0.2, 0) is 4.79 Å². The smallest absolute Gasteiger partial charge is 0.229 e. The van der Waals surface area contributed by atoms with Gasteiger partial charge in [0, 0.05) is 11.9 Å². The Morgan fingerprint density at radius 2 is 2.33 bits per heavy atom. The number of hydrogen-bond donors (Lipinski definition) is 1. The fraction of sp³-hybridized carbons (Fsp3) is 0.875. The van der Waals surface area contributed by atoms with E-state index in [0.717, 1.165) is 12.8 Å². The van der Waals surface area contributed by atoms with Gasteiger partial charge in [0.1, 0.15) is 0 Å². The number of halogens is 1. The predicted molar refractivity (Wildman–Crippen MR) is 55.9 cm³/mol. The van der Waals surface area contributed by atoms with Gasteiger partial charge in [0.15, 0.2) is 0 Å². The van der Waals surface area contributed by atoms with Gasteiger partial charge in [0.05, 0.1) is 5.75 Å². The Hall–Kier alpha value is 0.110. The molecule has 0 fully saturated rings. The summed E-state index contributed by atoms with van der Waals surface area (Å²) < 4.78 is 0. The van der Waals surface area contributed by atoms with E-state index in [1.165, 1.54) is 11.8 Å². The molecule has 0 aliphatic rings. The van der Waals surface area contributed by atoms with Crippen LogP contribution >= 0.6 is 23.4 Å². The zero-order chi connectivity index (χ0) is 9.40. The Morgan fingerprint density at radius 3 is 2.83 bits per heavy atom. The third-order valence-electron chi connectivity index (χ3n) is 1.50. The maximum Gasteiger partial charge on any atom is 0.229 e. The minimum atomic E-state index is 0.0995. The number of nitrogens with one attached hydrogen (secondary N) is 1. The maximum absolute atomic E-state index is 10.9. The summed E-state index contributed by atoms with van der Waals surface area (Å²) in [7, 11) is 0.